The van der Waals surface area contributed by atoms with E-state index in [0.717, 1.165) is 6.29 Å². The molecule has 1 rings (SSSR count). The maximum atomic E-state index is 12.8. The Bertz CT molecular complexity index is 310. The average Bonchev–Trinajstić information content (AvgIpc) is 2.16. The first-order valence-corrected chi connectivity index (χ1v) is 3.97. The van der Waals surface area contributed by atoms with Crippen LogP contribution >= 0.6 is 0 Å². The molecule has 0 aliphatic rings. The van der Waals surface area contributed by atoms with Gasteiger partial charge in [0.15, 0.2) is 0 Å². The molecule has 13 heavy (non-hydrogen) atoms. The lowest BCUT2D eigenvalue weighted by Gasteiger charge is -2.10. The lowest BCUT2D eigenvalue weighted by Crippen LogP contribution is -1.99. The van der Waals surface area contributed by atoms with Crippen molar-refractivity contribution in [3.63, 3.8) is 0 Å². The van der Waals surface area contributed by atoms with Crippen molar-refractivity contribution in [2.24, 2.45) is 0 Å². The molecule has 0 radical (unpaired) electrons. The second-order valence-electron chi connectivity index (χ2n) is 2.81. The quantitative estimate of drug-likeness (QED) is 0.669. The van der Waals surface area contributed by atoms with Crippen LogP contribution in [-0.4, -0.2) is 13.4 Å². The lowest BCUT2D eigenvalue weighted by atomic mass is 10.0. The van der Waals surface area contributed by atoms with Gasteiger partial charge in [0, 0.05) is 11.5 Å². The molecule has 0 fully saturated rings. The highest BCUT2D eigenvalue weighted by molar-refractivity contribution is 5.63. The van der Waals surface area contributed by atoms with E-state index >= 15 is 0 Å². The van der Waals surface area contributed by atoms with Gasteiger partial charge in [-0.05, 0) is 18.2 Å². The van der Waals surface area contributed by atoms with Gasteiger partial charge in [-0.1, -0.05) is 6.92 Å². The molecule has 0 aliphatic carbocycles. The van der Waals surface area contributed by atoms with E-state index in [0.29, 0.717) is 11.3 Å². The Morgan fingerprint density at radius 3 is 2.77 bits per heavy atom. The molecule has 2 nitrogen and oxygen atoms in total. The van der Waals surface area contributed by atoms with Gasteiger partial charge in [0.05, 0.1) is 7.11 Å². The van der Waals surface area contributed by atoms with Gasteiger partial charge in [-0.15, -0.1) is 0 Å². The number of halogens is 1. The first-order valence-electron chi connectivity index (χ1n) is 3.97. The molecule has 1 unspecified atom stereocenters. The largest absolute Gasteiger partial charge is 0.496 e. The average molecular weight is 182 g/mol. The van der Waals surface area contributed by atoms with Crippen molar-refractivity contribution < 1.29 is 13.9 Å². The summed E-state index contributed by atoms with van der Waals surface area (Å²) in [5.74, 6) is -0.156. The number of aldehydes is 1. The van der Waals surface area contributed by atoms with Crippen LogP contribution in [0.2, 0.25) is 0 Å². The second-order valence-corrected chi connectivity index (χ2v) is 2.81. The first-order chi connectivity index (χ1) is 6.19. The fraction of sp³-hybridized carbons (Fsp3) is 0.300. The Labute approximate surface area is 76.3 Å². The molecule has 0 bridgehead atoms. The zero-order valence-electron chi connectivity index (χ0n) is 7.58. The number of rotatable bonds is 3. The predicted octanol–water partition coefficient (Wildman–Crippen LogP) is 2.14. The van der Waals surface area contributed by atoms with Crippen LogP contribution in [0.5, 0.6) is 5.75 Å². The van der Waals surface area contributed by atoms with Crippen LogP contribution in [0.3, 0.4) is 0 Å². The highest BCUT2D eigenvalue weighted by atomic mass is 19.1. The van der Waals surface area contributed by atoms with Gasteiger partial charge in [-0.25, -0.2) is 4.39 Å². The number of benzene rings is 1. The fourth-order valence-electron chi connectivity index (χ4n) is 1.13. The molecule has 0 saturated carbocycles. The second kappa shape index (κ2) is 4.03. The fourth-order valence-corrected chi connectivity index (χ4v) is 1.13. The Morgan fingerprint density at radius 2 is 2.23 bits per heavy atom. The van der Waals surface area contributed by atoms with Crippen LogP contribution < -0.4 is 4.74 Å². The highest BCUT2D eigenvalue weighted by Gasteiger charge is 2.10. The van der Waals surface area contributed by atoms with Crippen LogP contribution in [-0.2, 0) is 4.79 Å². The van der Waals surface area contributed by atoms with Crippen LogP contribution in [0.25, 0.3) is 0 Å². The van der Waals surface area contributed by atoms with Gasteiger partial charge in [0.2, 0.25) is 0 Å². The Kier molecular flexibility index (Phi) is 3.01. The molecule has 3 heteroatoms. The van der Waals surface area contributed by atoms with Crippen molar-refractivity contribution in [2.75, 3.05) is 7.11 Å². The van der Waals surface area contributed by atoms with E-state index in [-0.39, 0.29) is 11.7 Å². The normalized spacial score (nSPS) is 12.2. The van der Waals surface area contributed by atoms with E-state index in [1.54, 1.807) is 6.92 Å². The summed E-state index contributed by atoms with van der Waals surface area (Å²) in [5, 5.41) is 0. The summed E-state index contributed by atoms with van der Waals surface area (Å²) in [6.45, 7) is 1.70. The Balaban J connectivity index is 3.14. The van der Waals surface area contributed by atoms with Crippen molar-refractivity contribution >= 4 is 6.29 Å². The van der Waals surface area contributed by atoms with Crippen molar-refractivity contribution in [2.45, 2.75) is 12.8 Å². The molecule has 1 atom stereocenters. The summed E-state index contributed by atoms with van der Waals surface area (Å²) < 4.78 is 17.8. The smallest absolute Gasteiger partial charge is 0.127 e. The third-order valence-corrected chi connectivity index (χ3v) is 1.89. The maximum Gasteiger partial charge on any atom is 0.127 e. The van der Waals surface area contributed by atoms with Gasteiger partial charge in [-0.3, -0.25) is 0 Å². The summed E-state index contributed by atoms with van der Waals surface area (Å²) in [7, 11) is 1.49. The molecular weight excluding hydrogens is 171 g/mol. The monoisotopic (exact) mass is 182 g/mol. The Morgan fingerprint density at radius 1 is 1.54 bits per heavy atom. The summed E-state index contributed by atoms with van der Waals surface area (Å²) in [4.78, 5) is 10.5. The summed E-state index contributed by atoms with van der Waals surface area (Å²) in [5.41, 5.74) is 0.581. The van der Waals surface area contributed by atoms with Crippen molar-refractivity contribution in [1.29, 1.82) is 0 Å². The topological polar surface area (TPSA) is 26.3 Å². The van der Waals surface area contributed by atoms with E-state index in [2.05, 4.69) is 0 Å². The van der Waals surface area contributed by atoms with E-state index in [4.69, 9.17) is 4.74 Å². The molecule has 0 spiro atoms. The van der Waals surface area contributed by atoms with Gasteiger partial charge in [-0.2, -0.15) is 0 Å². The zero-order chi connectivity index (χ0) is 9.84. The third-order valence-electron chi connectivity index (χ3n) is 1.89. The number of carbonyl (C=O) groups excluding carboxylic acids is 1. The maximum absolute atomic E-state index is 12.8. The minimum atomic E-state index is -0.357. The summed E-state index contributed by atoms with van der Waals surface area (Å²) in [6.07, 6.45) is 0.761. The van der Waals surface area contributed by atoms with Crippen LogP contribution in [0.4, 0.5) is 4.39 Å². The van der Waals surface area contributed by atoms with Gasteiger partial charge < -0.3 is 9.53 Å². The third kappa shape index (κ3) is 2.05. The van der Waals surface area contributed by atoms with Gasteiger partial charge in [0.25, 0.3) is 0 Å². The SMILES string of the molecule is COc1ccc(F)cc1C(C)C=O. The molecular formula is C10H11FO2. The van der Waals surface area contributed by atoms with Crippen molar-refractivity contribution in [1.82, 2.24) is 0 Å². The van der Waals surface area contributed by atoms with E-state index in [9.17, 15) is 9.18 Å². The van der Waals surface area contributed by atoms with E-state index in [1.807, 2.05) is 0 Å². The molecule has 1 aromatic carbocycles. The number of carbonyl (C=O) groups is 1. The minimum absolute atomic E-state index is 0.342. The van der Waals surface area contributed by atoms with Gasteiger partial charge >= 0.3 is 0 Å². The number of methoxy groups -OCH3 is 1. The van der Waals surface area contributed by atoms with E-state index in [1.165, 1.54) is 25.3 Å². The van der Waals surface area contributed by atoms with Crippen LogP contribution in [0, 0.1) is 5.82 Å². The summed E-state index contributed by atoms with van der Waals surface area (Å²) in [6, 6.07) is 4.14. The molecule has 0 saturated heterocycles. The molecule has 0 aliphatic heterocycles. The molecule has 0 N–H and O–H groups in total. The molecule has 1 aromatic rings. The molecule has 70 valence electrons. The standard InChI is InChI=1S/C10H11FO2/c1-7(6-12)9-5-8(11)3-4-10(9)13-2/h3-7H,1-2H3. The molecule has 0 aromatic heterocycles. The van der Waals surface area contributed by atoms with E-state index < -0.39 is 0 Å². The summed E-state index contributed by atoms with van der Waals surface area (Å²) >= 11 is 0. The predicted molar refractivity (Wildman–Crippen MR) is 47.4 cm³/mol. The van der Waals surface area contributed by atoms with Crippen LogP contribution in [0.1, 0.15) is 18.4 Å². The van der Waals surface area contributed by atoms with Crippen molar-refractivity contribution in [3.8, 4) is 5.75 Å². The zero-order valence-corrected chi connectivity index (χ0v) is 7.58. The first kappa shape index (κ1) is 9.71. The number of hydrogen-bond donors (Lipinski definition) is 0. The number of hydrogen-bond acceptors (Lipinski definition) is 2. The van der Waals surface area contributed by atoms with Crippen LogP contribution in [0.15, 0.2) is 18.2 Å². The highest BCUT2D eigenvalue weighted by Crippen LogP contribution is 2.25. The number of ether oxygens (including phenoxy) is 1. The lowest BCUT2D eigenvalue weighted by molar-refractivity contribution is -0.108. The minimum Gasteiger partial charge on any atom is -0.496 e. The van der Waals surface area contributed by atoms with Crippen molar-refractivity contribution in [3.05, 3.63) is 29.6 Å². The van der Waals surface area contributed by atoms with Gasteiger partial charge in [0.1, 0.15) is 17.9 Å². The molecule has 0 amide bonds. The Hall–Kier alpha value is -1.38. The molecule has 0 heterocycles.